The number of anilines is 2. The number of carbonyl (C=O) groups excluding carboxylic acids is 1. The van der Waals surface area contributed by atoms with Crippen LogP contribution in [0.3, 0.4) is 0 Å². The number of piperidine rings is 1. The van der Waals surface area contributed by atoms with Crippen molar-refractivity contribution >= 4 is 17.5 Å². The van der Waals surface area contributed by atoms with Crippen molar-refractivity contribution < 1.29 is 9.53 Å². The van der Waals surface area contributed by atoms with Gasteiger partial charge in [0.25, 0.3) is 5.91 Å². The number of hydrogen-bond donors (Lipinski definition) is 1. The molecule has 0 atom stereocenters. The van der Waals surface area contributed by atoms with Crippen molar-refractivity contribution in [2.75, 3.05) is 44.0 Å². The van der Waals surface area contributed by atoms with E-state index < -0.39 is 0 Å². The van der Waals surface area contributed by atoms with Gasteiger partial charge in [-0.15, -0.1) is 0 Å². The lowest BCUT2D eigenvalue weighted by molar-refractivity contribution is 0.0711. The molecule has 9 nitrogen and oxygen atoms in total. The summed E-state index contributed by atoms with van der Waals surface area (Å²) in [5.41, 5.74) is 0.576. The van der Waals surface area contributed by atoms with Gasteiger partial charge in [0.1, 0.15) is 23.5 Å². The molecule has 27 heavy (non-hydrogen) atoms. The third kappa shape index (κ3) is 3.67. The second kappa shape index (κ2) is 7.42. The average Bonchev–Trinajstić information content (AvgIpc) is 3.12. The van der Waals surface area contributed by atoms with Gasteiger partial charge in [0.15, 0.2) is 0 Å². The molecule has 2 aromatic rings. The highest BCUT2D eigenvalue weighted by molar-refractivity contribution is 5.96. The smallest absolute Gasteiger partial charge is 0.260 e. The molecule has 4 rings (SSSR count). The van der Waals surface area contributed by atoms with E-state index in [2.05, 4.69) is 20.4 Å². The van der Waals surface area contributed by atoms with Gasteiger partial charge in [-0.3, -0.25) is 4.79 Å². The second-order valence-electron chi connectivity index (χ2n) is 7.16. The van der Waals surface area contributed by atoms with Crippen LogP contribution in [0.15, 0.2) is 18.6 Å². The molecule has 0 aliphatic carbocycles. The Balaban J connectivity index is 1.36. The Bertz CT molecular complexity index is 812. The van der Waals surface area contributed by atoms with Gasteiger partial charge >= 0.3 is 0 Å². The number of aryl methyl sites for hydroxylation is 1. The standard InChI is InChI=1S/C18H25N7O2/c1-23(2)16-10-15(19-12-20-16)22-13-4-7-24(8-5-13)17(26)14-11-21-25-6-3-9-27-18(14)25/h10-13H,3-9H2,1-2H3,(H,19,20,22). The maximum atomic E-state index is 12.9. The molecule has 0 aromatic carbocycles. The average molecular weight is 371 g/mol. The van der Waals surface area contributed by atoms with Gasteiger partial charge in [0, 0.05) is 52.3 Å². The quantitative estimate of drug-likeness (QED) is 0.865. The number of fused-ring (bicyclic) bond motifs is 1. The summed E-state index contributed by atoms with van der Waals surface area (Å²) < 4.78 is 7.44. The highest BCUT2D eigenvalue weighted by Crippen LogP contribution is 2.25. The topological polar surface area (TPSA) is 88.4 Å². The Morgan fingerprint density at radius 1 is 1.26 bits per heavy atom. The van der Waals surface area contributed by atoms with Crippen LogP contribution in [0.25, 0.3) is 0 Å². The summed E-state index contributed by atoms with van der Waals surface area (Å²) in [6.07, 6.45) is 5.88. The van der Waals surface area contributed by atoms with Gasteiger partial charge in [-0.05, 0) is 12.8 Å². The molecular formula is C18H25N7O2. The zero-order chi connectivity index (χ0) is 18.8. The first-order valence-corrected chi connectivity index (χ1v) is 9.35. The first-order valence-electron chi connectivity index (χ1n) is 9.35. The largest absolute Gasteiger partial charge is 0.477 e. The summed E-state index contributed by atoms with van der Waals surface area (Å²) >= 11 is 0. The number of ether oxygens (including phenoxy) is 1. The molecule has 1 saturated heterocycles. The molecule has 9 heteroatoms. The molecule has 1 fully saturated rings. The number of nitrogens with one attached hydrogen (secondary N) is 1. The van der Waals surface area contributed by atoms with Crippen LogP contribution in [-0.4, -0.2) is 70.4 Å². The van der Waals surface area contributed by atoms with Crippen molar-refractivity contribution in [1.29, 1.82) is 0 Å². The minimum absolute atomic E-state index is 0.00790. The minimum atomic E-state index is 0.00790. The lowest BCUT2D eigenvalue weighted by Crippen LogP contribution is -2.42. The zero-order valence-corrected chi connectivity index (χ0v) is 15.8. The number of nitrogens with zero attached hydrogens (tertiary/aromatic N) is 6. The van der Waals surface area contributed by atoms with E-state index in [0.29, 0.717) is 31.1 Å². The molecule has 1 N–H and O–H groups in total. The fourth-order valence-electron chi connectivity index (χ4n) is 3.49. The first kappa shape index (κ1) is 17.6. The molecule has 0 spiro atoms. The van der Waals surface area contributed by atoms with Crippen molar-refractivity contribution in [2.24, 2.45) is 0 Å². The molecule has 2 aromatic heterocycles. The fraction of sp³-hybridized carbons (Fsp3) is 0.556. The van der Waals surface area contributed by atoms with Crippen LogP contribution in [0.4, 0.5) is 11.6 Å². The highest BCUT2D eigenvalue weighted by atomic mass is 16.5. The Morgan fingerprint density at radius 2 is 2.07 bits per heavy atom. The van der Waals surface area contributed by atoms with Crippen LogP contribution in [0.1, 0.15) is 29.6 Å². The van der Waals surface area contributed by atoms with E-state index in [9.17, 15) is 4.79 Å². The predicted molar refractivity (Wildman–Crippen MR) is 101 cm³/mol. The first-order chi connectivity index (χ1) is 13.1. The Hall–Kier alpha value is -2.84. The summed E-state index contributed by atoms with van der Waals surface area (Å²) in [7, 11) is 3.91. The van der Waals surface area contributed by atoms with Crippen molar-refractivity contribution in [2.45, 2.75) is 31.8 Å². The maximum absolute atomic E-state index is 12.9. The molecular weight excluding hydrogens is 346 g/mol. The Morgan fingerprint density at radius 3 is 2.85 bits per heavy atom. The predicted octanol–water partition coefficient (Wildman–Crippen LogP) is 1.24. The van der Waals surface area contributed by atoms with E-state index in [-0.39, 0.29) is 11.9 Å². The molecule has 0 unspecified atom stereocenters. The van der Waals surface area contributed by atoms with Crippen LogP contribution < -0.4 is 15.0 Å². The van der Waals surface area contributed by atoms with Crippen molar-refractivity contribution in [1.82, 2.24) is 24.6 Å². The van der Waals surface area contributed by atoms with E-state index in [1.54, 1.807) is 17.2 Å². The SMILES string of the molecule is CN(C)c1cc(NC2CCN(C(=O)c3cnn4c3OCCC4)CC2)ncn1. The number of hydrogen-bond acceptors (Lipinski definition) is 7. The lowest BCUT2D eigenvalue weighted by atomic mass is 10.0. The number of likely N-dealkylation sites (tertiary alicyclic amines) is 1. The van der Waals surface area contributed by atoms with E-state index in [0.717, 1.165) is 37.4 Å². The molecule has 0 radical (unpaired) electrons. The summed E-state index contributed by atoms with van der Waals surface area (Å²) in [5.74, 6) is 2.31. The van der Waals surface area contributed by atoms with E-state index >= 15 is 0 Å². The lowest BCUT2D eigenvalue weighted by Gasteiger charge is -2.32. The maximum Gasteiger partial charge on any atom is 0.260 e. The number of aromatic nitrogens is 4. The van der Waals surface area contributed by atoms with Crippen molar-refractivity contribution in [3.05, 3.63) is 24.2 Å². The van der Waals surface area contributed by atoms with Crippen LogP contribution in [0.2, 0.25) is 0 Å². The summed E-state index contributed by atoms with van der Waals surface area (Å²) in [6.45, 7) is 2.85. The van der Waals surface area contributed by atoms with Crippen LogP contribution >= 0.6 is 0 Å². The van der Waals surface area contributed by atoms with Gasteiger partial charge in [0.05, 0.1) is 12.8 Å². The molecule has 0 bridgehead atoms. The fourth-order valence-corrected chi connectivity index (χ4v) is 3.49. The monoisotopic (exact) mass is 371 g/mol. The third-order valence-electron chi connectivity index (χ3n) is 5.02. The molecule has 0 saturated carbocycles. The Labute approximate surface area is 158 Å². The van der Waals surface area contributed by atoms with Crippen molar-refractivity contribution in [3.8, 4) is 5.88 Å². The number of amides is 1. The zero-order valence-electron chi connectivity index (χ0n) is 15.8. The van der Waals surface area contributed by atoms with E-state index in [4.69, 9.17) is 4.74 Å². The Kier molecular flexibility index (Phi) is 4.83. The minimum Gasteiger partial charge on any atom is -0.477 e. The van der Waals surface area contributed by atoms with Crippen LogP contribution in [0.5, 0.6) is 5.88 Å². The number of rotatable bonds is 4. The van der Waals surface area contributed by atoms with Crippen molar-refractivity contribution in [3.63, 3.8) is 0 Å². The van der Waals surface area contributed by atoms with Gasteiger partial charge < -0.3 is 19.9 Å². The molecule has 144 valence electrons. The highest BCUT2D eigenvalue weighted by Gasteiger charge is 2.28. The second-order valence-corrected chi connectivity index (χ2v) is 7.16. The van der Waals surface area contributed by atoms with Gasteiger partial charge in [-0.2, -0.15) is 5.10 Å². The number of carbonyl (C=O) groups is 1. The summed E-state index contributed by atoms with van der Waals surface area (Å²) in [5, 5.41) is 7.74. The normalized spacial score (nSPS) is 17.2. The van der Waals surface area contributed by atoms with Gasteiger partial charge in [-0.25, -0.2) is 14.6 Å². The van der Waals surface area contributed by atoms with E-state index in [1.165, 1.54) is 0 Å². The van der Waals surface area contributed by atoms with Crippen LogP contribution in [0, 0.1) is 0 Å². The van der Waals surface area contributed by atoms with E-state index in [1.807, 2.05) is 30.0 Å². The molecule has 2 aliphatic rings. The molecule has 4 heterocycles. The molecule has 1 amide bonds. The summed E-state index contributed by atoms with van der Waals surface area (Å²) in [6, 6.07) is 2.23. The third-order valence-corrected chi connectivity index (χ3v) is 5.02. The molecule has 2 aliphatic heterocycles. The summed E-state index contributed by atoms with van der Waals surface area (Å²) in [4.78, 5) is 25.2. The van der Waals surface area contributed by atoms with Crippen LogP contribution in [-0.2, 0) is 6.54 Å². The van der Waals surface area contributed by atoms with Gasteiger partial charge in [-0.1, -0.05) is 0 Å². The van der Waals surface area contributed by atoms with Gasteiger partial charge in [0.2, 0.25) is 5.88 Å².